The highest BCUT2D eigenvalue weighted by atomic mass is 32.1. The lowest BCUT2D eigenvalue weighted by Crippen LogP contribution is -2.12. The Hall–Kier alpha value is -0.340. The molecule has 2 rings (SSSR count). The minimum atomic E-state index is 0.662. The first-order chi connectivity index (χ1) is 5.38. The van der Waals surface area contributed by atoms with Crippen LogP contribution in [0.25, 0.3) is 0 Å². The lowest BCUT2D eigenvalue weighted by molar-refractivity contribution is 0.656. The maximum atomic E-state index is 3.51. The largest absolute Gasteiger partial charge is 0.309 e. The van der Waals surface area contributed by atoms with Gasteiger partial charge in [0.25, 0.3) is 0 Å². The zero-order valence-corrected chi connectivity index (χ0v) is 7.58. The topological polar surface area (TPSA) is 12.0 Å². The van der Waals surface area contributed by atoms with Crippen molar-refractivity contribution in [2.24, 2.45) is 0 Å². The molecule has 0 aliphatic carbocycles. The highest BCUT2D eigenvalue weighted by molar-refractivity contribution is 7.10. The molecule has 1 unspecified atom stereocenters. The summed E-state index contributed by atoms with van der Waals surface area (Å²) in [5, 5.41) is 5.70. The summed E-state index contributed by atoms with van der Waals surface area (Å²) in [6.45, 7) is 3.40. The van der Waals surface area contributed by atoms with Crippen molar-refractivity contribution in [3.05, 3.63) is 21.9 Å². The average Bonchev–Trinajstić information content (AvgIpc) is 2.55. The van der Waals surface area contributed by atoms with Crippen molar-refractivity contribution >= 4 is 11.3 Å². The molecule has 2 heteroatoms. The minimum Gasteiger partial charge on any atom is -0.309 e. The van der Waals surface area contributed by atoms with Crippen LogP contribution in [0.5, 0.6) is 0 Å². The van der Waals surface area contributed by atoms with Crippen molar-refractivity contribution in [2.75, 3.05) is 6.54 Å². The van der Waals surface area contributed by atoms with Gasteiger partial charge < -0.3 is 5.32 Å². The van der Waals surface area contributed by atoms with Crippen LogP contribution >= 0.6 is 11.3 Å². The zero-order valence-electron chi connectivity index (χ0n) is 6.76. The normalized spacial score (nSPS) is 24.3. The van der Waals surface area contributed by atoms with E-state index >= 15 is 0 Å². The average molecular weight is 167 g/mol. The third kappa shape index (κ3) is 1.33. The van der Waals surface area contributed by atoms with Gasteiger partial charge in [0.2, 0.25) is 0 Å². The number of nitrogens with one attached hydrogen (secondary N) is 1. The highest BCUT2D eigenvalue weighted by Crippen LogP contribution is 2.29. The van der Waals surface area contributed by atoms with E-state index in [-0.39, 0.29) is 0 Å². The van der Waals surface area contributed by atoms with Crippen molar-refractivity contribution in [3.8, 4) is 0 Å². The highest BCUT2D eigenvalue weighted by Gasteiger charge is 2.18. The second-order valence-electron chi connectivity index (χ2n) is 3.12. The van der Waals surface area contributed by atoms with Gasteiger partial charge >= 0.3 is 0 Å². The van der Waals surface area contributed by atoms with Gasteiger partial charge in [-0.1, -0.05) is 0 Å². The van der Waals surface area contributed by atoms with Crippen LogP contribution in [0.1, 0.15) is 29.3 Å². The standard InChI is InChI=1S/C9H13NS/c1-7-4-6-11-9(7)8-3-2-5-10-8/h4,6,8,10H,2-3,5H2,1H3. The number of aryl methyl sites for hydroxylation is 1. The molecule has 1 saturated heterocycles. The Morgan fingerprint density at radius 1 is 1.64 bits per heavy atom. The number of hydrogen-bond acceptors (Lipinski definition) is 2. The Morgan fingerprint density at radius 3 is 3.09 bits per heavy atom. The molecule has 1 nitrogen and oxygen atoms in total. The van der Waals surface area contributed by atoms with Crippen LogP contribution in [0.15, 0.2) is 11.4 Å². The first-order valence-electron chi connectivity index (χ1n) is 4.15. The quantitative estimate of drug-likeness (QED) is 0.677. The molecule has 0 radical (unpaired) electrons. The molecule has 2 heterocycles. The lowest BCUT2D eigenvalue weighted by Gasteiger charge is -2.07. The van der Waals surface area contributed by atoms with Gasteiger partial charge in [-0.15, -0.1) is 11.3 Å². The van der Waals surface area contributed by atoms with E-state index in [1.165, 1.54) is 24.9 Å². The van der Waals surface area contributed by atoms with Crippen molar-refractivity contribution in [1.29, 1.82) is 0 Å². The van der Waals surface area contributed by atoms with Gasteiger partial charge in [-0.25, -0.2) is 0 Å². The van der Waals surface area contributed by atoms with Gasteiger partial charge in [-0.3, -0.25) is 0 Å². The third-order valence-corrected chi connectivity index (χ3v) is 3.41. The van der Waals surface area contributed by atoms with E-state index in [9.17, 15) is 0 Å². The molecule has 0 spiro atoms. The molecule has 1 aliphatic heterocycles. The maximum absolute atomic E-state index is 3.51. The third-order valence-electron chi connectivity index (χ3n) is 2.28. The summed E-state index contributed by atoms with van der Waals surface area (Å²) in [5.74, 6) is 0. The summed E-state index contributed by atoms with van der Waals surface area (Å²) in [6.07, 6.45) is 2.66. The summed E-state index contributed by atoms with van der Waals surface area (Å²) in [7, 11) is 0. The van der Waals surface area contributed by atoms with Crippen molar-refractivity contribution < 1.29 is 0 Å². The van der Waals surface area contributed by atoms with Crippen LogP contribution < -0.4 is 5.32 Å². The van der Waals surface area contributed by atoms with Crippen LogP contribution in [-0.2, 0) is 0 Å². The van der Waals surface area contributed by atoms with Crippen LogP contribution in [0.4, 0.5) is 0 Å². The molecule has 1 aromatic rings. The van der Waals surface area contributed by atoms with E-state index in [4.69, 9.17) is 0 Å². The van der Waals surface area contributed by atoms with Crippen LogP contribution in [0, 0.1) is 6.92 Å². The fourth-order valence-corrected chi connectivity index (χ4v) is 2.69. The summed E-state index contributed by atoms with van der Waals surface area (Å²) in [5.41, 5.74) is 1.45. The summed E-state index contributed by atoms with van der Waals surface area (Å²) in [6, 6.07) is 2.87. The maximum Gasteiger partial charge on any atom is 0.0417 e. The smallest absolute Gasteiger partial charge is 0.0417 e. The van der Waals surface area contributed by atoms with Gasteiger partial charge in [-0.05, 0) is 43.3 Å². The predicted octanol–water partition coefficient (Wildman–Crippen LogP) is 2.48. The molecular formula is C9H13NS. The number of rotatable bonds is 1. The monoisotopic (exact) mass is 167 g/mol. The van der Waals surface area contributed by atoms with Gasteiger partial charge in [-0.2, -0.15) is 0 Å². The van der Waals surface area contributed by atoms with Crippen LogP contribution in [-0.4, -0.2) is 6.54 Å². The van der Waals surface area contributed by atoms with E-state index in [0.29, 0.717) is 6.04 Å². The minimum absolute atomic E-state index is 0.662. The fourth-order valence-electron chi connectivity index (χ4n) is 1.65. The molecule has 1 N–H and O–H groups in total. The van der Waals surface area contributed by atoms with Gasteiger partial charge in [0.1, 0.15) is 0 Å². The van der Waals surface area contributed by atoms with Crippen molar-refractivity contribution in [1.82, 2.24) is 5.32 Å². The van der Waals surface area contributed by atoms with E-state index in [1.54, 1.807) is 4.88 Å². The van der Waals surface area contributed by atoms with E-state index < -0.39 is 0 Å². The molecule has 11 heavy (non-hydrogen) atoms. The van der Waals surface area contributed by atoms with Crippen LogP contribution in [0.3, 0.4) is 0 Å². The summed E-state index contributed by atoms with van der Waals surface area (Å²) in [4.78, 5) is 1.54. The molecule has 0 bridgehead atoms. The fraction of sp³-hybridized carbons (Fsp3) is 0.556. The molecule has 1 aromatic heterocycles. The molecule has 1 aliphatic rings. The van der Waals surface area contributed by atoms with Crippen molar-refractivity contribution in [2.45, 2.75) is 25.8 Å². The van der Waals surface area contributed by atoms with Gasteiger partial charge in [0.15, 0.2) is 0 Å². The van der Waals surface area contributed by atoms with E-state index in [0.717, 1.165) is 0 Å². The zero-order chi connectivity index (χ0) is 7.68. The Bertz CT molecular complexity index is 235. The first kappa shape index (κ1) is 7.32. The Balaban J connectivity index is 2.21. The van der Waals surface area contributed by atoms with E-state index in [2.05, 4.69) is 23.7 Å². The molecule has 60 valence electrons. The van der Waals surface area contributed by atoms with Gasteiger partial charge in [0.05, 0.1) is 0 Å². The second kappa shape index (κ2) is 2.95. The predicted molar refractivity (Wildman–Crippen MR) is 49.0 cm³/mol. The Labute approximate surface area is 71.4 Å². The molecule has 1 fully saturated rings. The van der Waals surface area contributed by atoms with Crippen molar-refractivity contribution in [3.63, 3.8) is 0 Å². The van der Waals surface area contributed by atoms with E-state index in [1.807, 2.05) is 11.3 Å². The SMILES string of the molecule is Cc1ccsc1C1CCCN1. The lowest BCUT2D eigenvalue weighted by atomic mass is 10.1. The molecule has 1 atom stereocenters. The molecule has 0 aromatic carbocycles. The Morgan fingerprint density at radius 2 is 2.55 bits per heavy atom. The second-order valence-corrected chi connectivity index (χ2v) is 4.06. The molecular weight excluding hydrogens is 154 g/mol. The summed E-state index contributed by atoms with van der Waals surface area (Å²) < 4.78 is 0. The molecule has 0 saturated carbocycles. The first-order valence-corrected chi connectivity index (χ1v) is 5.03. The summed E-state index contributed by atoms with van der Waals surface area (Å²) >= 11 is 1.88. The van der Waals surface area contributed by atoms with Gasteiger partial charge in [0, 0.05) is 10.9 Å². The molecule has 0 amide bonds. The van der Waals surface area contributed by atoms with Crippen LogP contribution in [0.2, 0.25) is 0 Å². The Kier molecular flexibility index (Phi) is 1.96. The number of hydrogen-bond donors (Lipinski definition) is 1. The number of thiophene rings is 1.